The van der Waals surface area contributed by atoms with Crippen LogP contribution in [0.5, 0.6) is 0 Å². The first-order valence-electron chi connectivity index (χ1n) is 9.40. The fraction of sp³-hybridized carbons (Fsp3) is 0.273. The molecule has 2 heterocycles. The summed E-state index contributed by atoms with van der Waals surface area (Å²) in [5.74, 6) is 1.02. The fourth-order valence-corrected chi connectivity index (χ4v) is 4.23. The minimum Gasteiger partial charge on any atom is -0.382 e. The number of hydrogen-bond acceptors (Lipinski definition) is 4. The van der Waals surface area contributed by atoms with Gasteiger partial charge in [-0.05, 0) is 43.4 Å². The van der Waals surface area contributed by atoms with Gasteiger partial charge in [-0.25, -0.2) is 9.97 Å². The molecule has 5 heteroatoms. The summed E-state index contributed by atoms with van der Waals surface area (Å²) in [6.07, 6.45) is 4.02. The first-order chi connectivity index (χ1) is 13.4. The van der Waals surface area contributed by atoms with Crippen LogP contribution in [0.1, 0.15) is 19.8 Å². The monoisotopic (exact) mass is 377 g/mol. The van der Waals surface area contributed by atoms with Gasteiger partial charge in [0.15, 0.2) is 10.8 Å². The van der Waals surface area contributed by atoms with Crippen molar-refractivity contribution in [1.82, 2.24) is 14.5 Å². The van der Waals surface area contributed by atoms with E-state index in [9.17, 15) is 0 Å². The van der Waals surface area contributed by atoms with E-state index in [0.29, 0.717) is 0 Å². The van der Waals surface area contributed by atoms with Crippen LogP contribution in [0.3, 0.4) is 0 Å². The van der Waals surface area contributed by atoms with Crippen molar-refractivity contribution in [2.75, 3.05) is 19.0 Å². The van der Waals surface area contributed by atoms with E-state index in [4.69, 9.17) is 9.72 Å². The number of rotatable bonds is 8. The van der Waals surface area contributed by atoms with Gasteiger partial charge >= 0.3 is 0 Å². The predicted octanol–water partition coefficient (Wildman–Crippen LogP) is 5.48. The van der Waals surface area contributed by atoms with Gasteiger partial charge in [-0.3, -0.25) is 4.57 Å². The Labute approximate surface area is 163 Å². The van der Waals surface area contributed by atoms with Crippen molar-refractivity contribution in [2.45, 2.75) is 24.9 Å². The third kappa shape index (κ3) is 3.84. The molecule has 0 saturated carbocycles. The Kier molecular flexibility index (Phi) is 5.70. The van der Waals surface area contributed by atoms with E-state index in [1.165, 1.54) is 10.8 Å². The van der Waals surface area contributed by atoms with Crippen molar-refractivity contribution in [2.24, 2.45) is 0 Å². The average molecular weight is 378 g/mol. The Morgan fingerprint density at radius 1 is 1.00 bits per heavy atom. The molecule has 0 aliphatic heterocycles. The van der Waals surface area contributed by atoms with Crippen molar-refractivity contribution < 1.29 is 4.74 Å². The number of pyridine rings is 1. The Hall–Kier alpha value is -2.37. The summed E-state index contributed by atoms with van der Waals surface area (Å²) in [4.78, 5) is 9.48. The molecule has 0 amide bonds. The molecule has 4 rings (SSSR count). The molecule has 2 aromatic heterocycles. The normalized spacial score (nSPS) is 11.4. The zero-order valence-electron chi connectivity index (χ0n) is 15.5. The predicted molar refractivity (Wildman–Crippen MR) is 113 cm³/mol. The van der Waals surface area contributed by atoms with Crippen LogP contribution in [-0.4, -0.2) is 33.5 Å². The molecule has 27 heavy (non-hydrogen) atoms. The Bertz CT molecular complexity index is 1040. The molecule has 0 bridgehead atoms. The van der Waals surface area contributed by atoms with Crippen LogP contribution >= 0.6 is 11.8 Å². The lowest BCUT2D eigenvalue weighted by molar-refractivity contribution is 0.144. The van der Waals surface area contributed by atoms with E-state index in [1.54, 1.807) is 11.8 Å². The smallest absolute Gasteiger partial charge is 0.174 e. The Morgan fingerprint density at radius 2 is 1.89 bits per heavy atom. The summed E-state index contributed by atoms with van der Waals surface area (Å²) < 4.78 is 7.63. The second kappa shape index (κ2) is 8.55. The second-order valence-corrected chi connectivity index (χ2v) is 7.39. The van der Waals surface area contributed by atoms with Crippen molar-refractivity contribution in [1.29, 1.82) is 0 Å². The van der Waals surface area contributed by atoms with Crippen LogP contribution in [0.2, 0.25) is 0 Å². The number of nitrogens with zero attached hydrogens (tertiary/aromatic N) is 3. The fourth-order valence-electron chi connectivity index (χ4n) is 3.22. The van der Waals surface area contributed by atoms with E-state index >= 15 is 0 Å². The number of benzene rings is 2. The highest BCUT2D eigenvalue weighted by Gasteiger charge is 2.15. The van der Waals surface area contributed by atoms with Crippen LogP contribution in [0.15, 0.2) is 66.0 Å². The molecule has 4 aromatic rings. The molecule has 0 spiro atoms. The standard InChI is InChI=1S/C22H23N3OS/c1-2-26-15-5-6-16-27-22-24-19-12-8-14-23-21(19)25(22)20-13-7-10-17-9-3-4-11-18(17)20/h3-4,7-14H,2,5-6,15-16H2,1H3. The number of hydrogen-bond donors (Lipinski definition) is 0. The highest BCUT2D eigenvalue weighted by Crippen LogP contribution is 2.31. The Balaban J connectivity index is 1.70. The summed E-state index contributed by atoms with van der Waals surface area (Å²) in [6.45, 7) is 3.66. The quantitative estimate of drug-likeness (QED) is 0.301. The zero-order chi connectivity index (χ0) is 18.5. The van der Waals surface area contributed by atoms with Gasteiger partial charge in [0.25, 0.3) is 0 Å². The van der Waals surface area contributed by atoms with Crippen LogP contribution in [0, 0.1) is 0 Å². The van der Waals surface area contributed by atoms with Crippen LogP contribution in [0.25, 0.3) is 27.6 Å². The molecule has 138 valence electrons. The maximum Gasteiger partial charge on any atom is 0.174 e. The first kappa shape index (κ1) is 18.0. The number of unbranched alkanes of at least 4 members (excludes halogenated alkanes) is 1. The van der Waals surface area contributed by atoms with Gasteiger partial charge in [-0.1, -0.05) is 48.2 Å². The molecule has 0 aliphatic carbocycles. The maximum absolute atomic E-state index is 5.43. The molecule has 0 unspecified atom stereocenters. The minimum absolute atomic E-state index is 0.787. The number of aromatic nitrogens is 3. The van der Waals surface area contributed by atoms with Crippen molar-refractivity contribution in [3.63, 3.8) is 0 Å². The van der Waals surface area contributed by atoms with Gasteiger partial charge in [-0.15, -0.1) is 0 Å². The van der Waals surface area contributed by atoms with Gasteiger partial charge in [-0.2, -0.15) is 0 Å². The van der Waals surface area contributed by atoms with Crippen molar-refractivity contribution >= 4 is 33.7 Å². The molecule has 0 saturated heterocycles. The Morgan fingerprint density at radius 3 is 2.81 bits per heavy atom. The van der Waals surface area contributed by atoms with E-state index in [1.807, 2.05) is 25.3 Å². The average Bonchev–Trinajstić information content (AvgIpc) is 3.08. The van der Waals surface area contributed by atoms with Gasteiger partial charge in [0.1, 0.15) is 5.52 Å². The molecule has 0 N–H and O–H groups in total. The molecule has 0 radical (unpaired) electrons. The lowest BCUT2D eigenvalue weighted by Crippen LogP contribution is -2.00. The number of thioether (sulfide) groups is 1. The van der Waals surface area contributed by atoms with Crippen LogP contribution in [-0.2, 0) is 4.74 Å². The summed E-state index contributed by atoms with van der Waals surface area (Å²) >= 11 is 1.79. The summed E-state index contributed by atoms with van der Waals surface area (Å²) in [5, 5.41) is 3.43. The lowest BCUT2D eigenvalue weighted by Gasteiger charge is -2.11. The van der Waals surface area contributed by atoms with Crippen molar-refractivity contribution in [3.05, 3.63) is 60.8 Å². The van der Waals surface area contributed by atoms with Gasteiger partial charge < -0.3 is 4.74 Å². The highest BCUT2D eigenvalue weighted by atomic mass is 32.2. The van der Waals surface area contributed by atoms with E-state index in [-0.39, 0.29) is 0 Å². The number of fused-ring (bicyclic) bond motifs is 2. The first-order valence-corrected chi connectivity index (χ1v) is 10.4. The minimum atomic E-state index is 0.787. The molecule has 2 aromatic carbocycles. The summed E-state index contributed by atoms with van der Waals surface area (Å²) in [6, 6.07) is 18.8. The van der Waals surface area contributed by atoms with E-state index < -0.39 is 0 Å². The molecular weight excluding hydrogens is 354 g/mol. The van der Waals surface area contributed by atoms with E-state index in [2.05, 4.69) is 52.0 Å². The topological polar surface area (TPSA) is 39.9 Å². The highest BCUT2D eigenvalue weighted by molar-refractivity contribution is 7.99. The second-order valence-electron chi connectivity index (χ2n) is 6.33. The van der Waals surface area contributed by atoms with Gasteiger partial charge in [0, 0.05) is 30.5 Å². The third-order valence-corrected chi connectivity index (χ3v) is 5.54. The summed E-state index contributed by atoms with van der Waals surface area (Å²) in [5.41, 5.74) is 2.97. The van der Waals surface area contributed by atoms with Gasteiger partial charge in [0.2, 0.25) is 0 Å². The van der Waals surface area contributed by atoms with Gasteiger partial charge in [0.05, 0.1) is 5.69 Å². The molecule has 0 aliphatic rings. The molecular formula is C22H23N3OS. The van der Waals surface area contributed by atoms with E-state index in [0.717, 1.165) is 53.8 Å². The summed E-state index contributed by atoms with van der Waals surface area (Å²) in [7, 11) is 0. The van der Waals surface area contributed by atoms with Crippen LogP contribution < -0.4 is 0 Å². The van der Waals surface area contributed by atoms with Crippen LogP contribution in [0.4, 0.5) is 0 Å². The molecule has 0 atom stereocenters. The third-order valence-electron chi connectivity index (χ3n) is 4.51. The molecule has 0 fully saturated rings. The maximum atomic E-state index is 5.43. The number of imidazole rings is 1. The number of ether oxygens (including phenoxy) is 1. The SMILES string of the molecule is CCOCCCCSc1nc2cccnc2n1-c1cccc2ccccc12. The largest absolute Gasteiger partial charge is 0.382 e. The zero-order valence-corrected chi connectivity index (χ0v) is 16.3. The molecule has 4 nitrogen and oxygen atoms in total. The van der Waals surface area contributed by atoms with Crippen molar-refractivity contribution in [3.8, 4) is 5.69 Å². The lowest BCUT2D eigenvalue weighted by atomic mass is 10.1.